The van der Waals surface area contributed by atoms with E-state index in [0.717, 1.165) is 24.2 Å². The number of fused-ring (bicyclic) bond motifs is 1. The van der Waals surface area contributed by atoms with Crippen LogP contribution in [0, 0.1) is 0 Å². The first-order valence-corrected chi connectivity index (χ1v) is 13.1. The molecule has 3 aromatic rings. The fourth-order valence-corrected chi connectivity index (χ4v) is 6.33. The van der Waals surface area contributed by atoms with Gasteiger partial charge < -0.3 is 10.2 Å². The van der Waals surface area contributed by atoms with Crippen molar-refractivity contribution in [3.63, 3.8) is 0 Å². The highest BCUT2D eigenvalue weighted by Gasteiger charge is 2.42. The standard InChI is InChI=1S/C20H24F3N7O2S2/c1-11-13(8-21)24-5-6-29(11)14-7-12(34(31,32)28-20(2)3-4-20)10-30-15(9-25-17(14)30)18-26-27-19(33-18)16(22)23/h7,9-11,13,16,24,28H,3-6,8H2,1-2H3/t11-,13+/m1/s1. The van der Waals surface area contributed by atoms with Crippen LogP contribution in [0.1, 0.15) is 38.1 Å². The van der Waals surface area contributed by atoms with E-state index in [9.17, 15) is 21.6 Å². The maximum absolute atomic E-state index is 13.6. The van der Waals surface area contributed by atoms with Crippen LogP contribution in [0.25, 0.3) is 16.3 Å². The van der Waals surface area contributed by atoms with Crippen LogP contribution < -0.4 is 14.9 Å². The van der Waals surface area contributed by atoms with E-state index in [1.165, 1.54) is 16.8 Å². The smallest absolute Gasteiger partial charge is 0.291 e. The van der Waals surface area contributed by atoms with Gasteiger partial charge in [-0.1, -0.05) is 11.3 Å². The van der Waals surface area contributed by atoms with Crippen molar-refractivity contribution in [3.05, 3.63) is 23.5 Å². The van der Waals surface area contributed by atoms with Crippen molar-refractivity contribution in [1.82, 2.24) is 29.6 Å². The maximum atomic E-state index is 13.6. The Morgan fingerprint density at radius 1 is 1.35 bits per heavy atom. The van der Waals surface area contributed by atoms with Gasteiger partial charge in [0.15, 0.2) is 15.7 Å². The molecule has 34 heavy (non-hydrogen) atoms. The SMILES string of the molecule is C[C@@H]1[C@H](CF)NCCN1c1cc(S(=O)(=O)NC2(C)CC2)cn2c(-c3nnc(C(F)F)s3)cnc12. The summed E-state index contributed by atoms with van der Waals surface area (Å²) < 4.78 is 70.6. The highest BCUT2D eigenvalue weighted by atomic mass is 32.2. The summed E-state index contributed by atoms with van der Waals surface area (Å²) in [4.78, 5) is 6.39. The van der Waals surface area contributed by atoms with E-state index in [1.54, 1.807) is 6.07 Å². The highest BCUT2D eigenvalue weighted by molar-refractivity contribution is 7.89. The van der Waals surface area contributed by atoms with Gasteiger partial charge in [0, 0.05) is 30.9 Å². The quantitative estimate of drug-likeness (QED) is 0.499. The molecule has 4 heterocycles. The third-order valence-corrected chi connectivity index (χ3v) is 8.97. The van der Waals surface area contributed by atoms with E-state index in [4.69, 9.17) is 0 Å². The number of piperazine rings is 1. The first kappa shape index (κ1) is 23.5. The third-order valence-electron chi connectivity index (χ3n) is 6.41. The molecule has 14 heteroatoms. The number of aromatic nitrogens is 4. The summed E-state index contributed by atoms with van der Waals surface area (Å²) in [6.45, 7) is 4.15. The van der Waals surface area contributed by atoms with E-state index in [0.29, 0.717) is 30.1 Å². The summed E-state index contributed by atoms with van der Waals surface area (Å²) in [6.07, 6.45) is 1.59. The lowest BCUT2D eigenvalue weighted by molar-refractivity contribution is 0.150. The monoisotopic (exact) mass is 515 g/mol. The van der Waals surface area contributed by atoms with Crippen LogP contribution in [0.15, 0.2) is 23.4 Å². The van der Waals surface area contributed by atoms with Crippen molar-refractivity contribution < 1.29 is 21.6 Å². The Labute approximate surface area is 198 Å². The molecule has 0 spiro atoms. The second-order valence-corrected chi connectivity index (χ2v) is 11.7. The normalized spacial score (nSPS) is 22.6. The number of nitrogens with one attached hydrogen (secondary N) is 2. The van der Waals surface area contributed by atoms with Gasteiger partial charge in [0.25, 0.3) is 6.43 Å². The average molecular weight is 516 g/mol. The first-order valence-electron chi connectivity index (χ1n) is 10.8. The minimum Gasteiger partial charge on any atom is -0.363 e. The Morgan fingerprint density at radius 3 is 2.76 bits per heavy atom. The molecule has 1 saturated carbocycles. The number of rotatable bonds is 7. The largest absolute Gasteiger partial charge is 0.363 e. The molecule has 184 valence electrons. The van der Waals surface area contributed by atoms with Gasteiger partial charge in [0.1, 0.15) is 17.3 Å². The minimum absolute atomic E-state index is 0.00324. The Balaban J connectivity index is 1.67. The third kappa shape index (κ3) is 4.16. The number of pyridine rings is 1. The zero-order valence-electron chi connectivity index (χ0n) is 18.5. The van der Waals surface area contributed by atoms with Crippen molar-refractivity contribution in [3.8, 4) is 10.7 Å². The van der Waals surface area contributed by atoms with Gasteiger partial charge in [-0.2, -0.15) is 0 Å². The van der Waals surface area contributed by atoms with E-state index in [2.05, 4.69) is 25.2 Å². The van der Waals surface area contributed by atoms with Crippen LogP contribution in [0.5, 0.6) is 0 Å². The number of hydrogen-bond donors (Lipinski definition) is 2. The maximum Gasteiger partial charge on any atom is 0.291 e. The van der Waals surface area contributed by atoms with Crippen molar-refractivity contribution >= 4 is 32.7 Å². The molecule has 1 aliphatic heterocycles. The number of alkyl halides is 3. The van der Waals surface area contributed by atoms with E-state index in [1.807, 2.05) is 18.7 Å². The number of halogens is 3. The van der Waals surface area contributed by atoms with Crippen molar-refractivity contribution in [2.75, 3.05) is 24.7 Å². The molecule has 2 fully saturated rings. The Kier molecular flexibility index (Phi) is 5.81. The Bertz CT molecular complexity index is 1320. The molecule has 5 rings (SSSR count). The molecular weight excluding hydrogens is 491 g/mol. The zero-order valence-corrected chi connectivity index (χ0v) is 20.1. The first-order chi connectivity index (χ1) is 16.1. The lowest BCUT2D eigenvalue weighted by Crippen LogP contribution is -2.58. The van der Waals surface area contributed by atoms with Gasteiger partial charge in [-0.25, -0.2) is 31.3 Å². The molecule has 0 radical (unpaired) electrons. The van der Waals surface area contributed by atoms with E-state index < -0.39 is 39.7 Å². The molecule has 1 aliphatic carbocycles. The summed E-state index contributed by atoms with van der Waals surface area (Å²) in [5.41, 5.74) is 0.798. The lowest BCUT2D eigenvalue weighted by atomic mass is 10.1. The van der Waals surface area contributed by atoms with Gasteiger partial charge >= 0.3 is 0 Å². The van der Waals surface area contributed by atoms with Crippen LogP contribution in [0.4, 0.5) is 18.9 Å². The molecular formula is C20H24F3N7O2S2. The average Bonchev–Trinajstić information content (AvgIpc) is 3.19. The van der Waals surface area contributed by atoms with Gasteiger partial charge in [-0.05, 0) is 32.8 Å². The fourth-order valence-electron chi connectivity index (χ4n) is 4.15. The van der Waals surface area contributed by atoms with Crippen molar-refractivity contribution in [2.45, 2.75) is 55.6 Å². The number of anilines is 1. The molecule has 3 aromatic heterocycles. The minimum atomic E-state index is -3.90. The molecule has 1 saturated heterocycles. The molecule has 2 N–H and O–H groups in total. The fraction of sp³-hybridized carbons (Fsp3) is 0.550. The van der Waals surface area contributed by atoms with Gasteiger partial charge in [0.2, 0.25) is 10.0 Å². The number of sulfonamides is 1. The summed E-state index contributed by atoms with van der Waals surface area (Å²) in [7, 11) is -3.90. The number of imidazole rings is 1. The second-order valence-electron chi connectivity index (χ2n) is 8.96. The number of hydrogen-bond acceptors (Lipinski definition) is 8. The van der Waals surface area contributed by atoms with E-state index in [-0.39, 0.29) is 15.9 Å². The molecule has 9 nitrogen and oxygen atoms in total. The molecule has 0 unspecified atom stereocenters. The zero-order chi connectivity index (χ0) is 24.3. The predicted molar refractivity (Wildman–Crippen MR) is 122 cm³/mol. The van der Waals surface area contributed by atoms with Gasteiger partial charge in [-0.15, -0.1) is 10.2 Å². The van der Waals surface area contributed by atoms with Gasteiger partial charge in [-0.3, -0.25) is 4.40 Å². The number of nitrogens with zero attached hydrogens (tertiary/aromatic N) is 5. The molecule has 2 atom stereocenters. The molecule has 0 aromatic carbocycles. The Morgan fingerprint density at radius 2 is 2.12 bits per heavy atom. The van der Waals surface area contributed by atoms with Crippen LogP contribution in [-0.4, -0.2) is 65.4 Å². The predicted octanol–water partition coefficient (Wildman–Crippen LogP) is 2.76. The van der Waals surface area contributed by atoms with Crippen LogP contribution in [0.3, 0.4) is 0 Å². The summed E-state index contributed by atoms with van der Waals surface area (Å²) in [5.74, 6) is 0. The molecule has 0 bridgehead atoms. The summed E-state index contributed by atoms with van der Waals surface area (Å²) in [5, 5.41) is 10.3. The van der Waals surface area contributed by atoms with Crippen molar-refractivity contribution in [2.24, 2.45) is 0 Å². The van der Waals surface area contributed by atoms with Crippen LogP contribution in [0.2, 0.25) is 0 Å². The molecule has 2 aliphatic rings. The van der Waals surface area contributed by atoms with E-state index >= 15 is 0 Å². The highest BCUT2D eigenvalue weighted by Crippen LogP contribution is 2.38. The second kappa shape index (κ2) is 8.43. The topological polar surface area (TPSA) is 105 Å². The Hall–Kier alpha value is -2.29. The summed E-state index contributed by atoms with van der Waals surface area (Å²) >= 11 is 0.722. The van der Waals surface area contributed by atoms with Crippen LogP contribution in [-0.2, 0) is 10.0 Å². The van der Waals surface area contributed by atoms with Crippen LogP contribution >= 0.6 is 11.3 Å². The lowest BCUT2D eigenvalue weighted by Gasteiger charge is -2.40. The van der Waals surface area contributed by atoms with Crippen molar-refractivity contribution in [1.29, 1.82) is 0 Å². The molecule has 0 amide bonds. The summed E-state index contributed by atoms with van der Waals surface area (Å²) in [6, 6.07) is 0.840. The van der Waals surface area contributed by atoms with Gasteiger partial charge in [0.05, 0.1) is 17.9 Å².